The Labute approximate surface area is 91.0 Å². The summed E-state index contributed by atoms with van der Waals surface area (Å²) in [5, 5.41) is 0. The molecule has 0 aliphatic heterocycles. The molecule has 2 atom stereocenters. The highest BCUT2D eigenvalue weighted by atomic mass is 14.4. The summed E-state index contributed by atoms with van der Waals surface area (Å²) in [5.74, 6) is 1.81. The van der Waals surface area contributed by atoms with Gasteiger partial charge < -0.3 is 0 Å². The molecular weight excluding hydrogens is 180 g/mol. The summed E-state index contributed by atoms with van der Waals surface area (Å²) < 4.78 is 0. The summed E-state index contributed by atoms with van der Waals surface area (Å²) in [6, 6.07) is 5.00. The zero-order chi connectivity index (χ0) is 9.83. The molecule has 1 fully saturated rings. The average molecular weight is 196 g/mol. The number of allylic oxidation sites excluding steroid dienone is 1. The smallest absolute Gasteiger partial charge is 0.00881 e. The molecule has 0 nitrogen and oxygen atoms in total. The number of rotatable bonds is 0. The van der Waals surface area contributed by atoms with Gasteiger partial charge in [0.15, 0.2) is 0 Å². The summed E-state index contributed by atoms with van der Waals surface area (Å²) in [6.45, 7) is 0. The maximum Gasteiger partial charge on any atom is -0.00881 e. The van der Waals surface area contributed by atoms with E-state index >= 15 is 0 Å². The molecule has 0 saturated heterocycles. The maximum atomic E-state index is 2.51. The lowest BCUT2D eigenvalue weighted by molar-refractivity contribution is 0.435. The summed E-state index contributed by atoms with van der Waals surface area (Å²) >= 11 is 0. The third-order valence-corrected chi connectivity index (χ3v) is 4.53. The third kappa shape index (κ3) is 1.03. The first-order valence-corrected chi connectivity index (χ1v) is 6.25. The van der Waals surface area contributed by atoms with Crippen molar-refractivity contribution in [3.8, 4) is 0 Å². The lowest BCUT2D eigenvalue weighted by Gasteiger charge is -2.18. The lowest BCUT2D eigenvalue weighted by atomic mass is 9.87. The third-order valence-electron chi connectivity index (χ3n) is 4.53. The quantitative estimate of drug-likeness (QED) is 0.588. The topological polar surface area (TPSA) is 0 Å². The van der Waals surface area contributed by atoms with Crippen molar-refractivity contribution >= 4 is 6.08 Å². The van der Waals surface area contributed by atoms with E-state index in [1.165, 1.54) is 37.7 Å². The van der Waals surface area contributed by atoms with Gasteiger partial charge in [0, 0.05) is 0 Å². The Morgan fingerprint density at radius 3 is 2.67 bits per heavy atom. The van der Waals surface area contributed by atoms with E-state index in [4.69, 9.17) is 0 Å². The lowest BCUT2D eigenvalue weighted by Crippen LogP contribution is -2.01. The monoisotopic (exact) mass is 196 g/mol. The highest BCUT2D eigenvalue weighted by Crippen LogP contribution is 2.51. The van der Waals surface area contributed by atoms with Gasteiger partial charge in [0.25, 0.3) is 0 Å². The predicted octanol–water partition coefficient (Wildman–Crippen LogP) is 4.01. The molecular formula is C15H16. The van der Waals surface area contributed by atoms with Crippen molar-refractivity contribution in [2.75, 3.05) is 0 Å². The van der Waals surface area contributed by atoms with Gasteiger partial charge in [-0.05, 0) is 59.8 Å². The summed E-state index contributed by atoms with van der Waals surface area (Å²) in [7, 11) is 0. The van der Waals surface area contributed by atoms with Gasteiger partial charge in [-0.3, -0.25) is 0 Å². The van der Waals surface area contributed by atoms with Crippen LogP contribution in [-0.2, 0) is 6.42 Å². The molecule has 0 N–H and O–H groups in total. The van der Waals surface area contributed by atoms with Crippen LogP contribution in [0.25, 0.3) is 6.08 Å². The van der Waals surface area contributed by atoms with E-state index in [0.29, 0.717) is 0 Å². The molecule has 0 spiro atoms. The van der Waals surface area contributed by atoms with Gasteiger partial charge in [0.1, 0.15) is 0 Å². The summed E-state index contributed by atoms with van der Waals surface area (Å²) in [6.07, 6.45) is 11.5. The molecule has 3 aliphatic carbocycles. The van der Waals surface area contributed by atoms with Crippen LogP contribution in [0, 0.1) is 0 Å². The Bertz CT molecular complexity index is 453. The fourth-order valence-electron chi connectivity index (χ4n) is 3.80. The second-order valence-corrected chi connectivity index (χ2v) is 5.35. The Hall–Kier alpha value is -1.04. The SMILES string of the molecule is C1=Cc2cc3c(cc2C1)C1CCCC3C1. The Morgan fingerprint density at radius 2 is 1.80 bits per heavy atom. The molecule has 0 heterocycles. The fourth-order valence-corrected chi connectivity index (χ4v) is 3.80. The maximum absolute atomic E-state index is 2.51. The molecule has 76 valence electrons. The van der Waals surface area contributed by atoms with E-state index in [0.717, 1.165) is 11.8 Å². The molecule has 0 heteroatoms. The van der Waals surface area contributed by atoms with Crippen LogP contribution in [0.4, 0.5) is 0 Å². The summed E-state index contributed by atoms with van der Waals surface area (Å²) in [4.78, 5) is 0. The van der Waals surface area contributed by atoms with E-state index in [-0.39, 0.29) is 0 Å². The largest absolute Gasteiger partial charge is 0.0795 e. The molecule has 2 bridgehead atoms. The van der Waals surface area contributed by atoms with E-state index in [9.17, 15) is 0 Å². The van der Waals surface area contributed by atoms with Crippen molar-refractivity contribution < 1.29 is 0 Å². The summed E-state index contributed by atoms with van der Waals surface area (Å²) in [5.41, 5.74) is 6.48. The molecule has 0 aromatic heterocycles. The van der Waals surface area contributed by atoms with Crippen LogP contribution in [-0.4, -0.2) is 0 Å². The number of benzene rings is 1. The van der Waals surface area contributed by atoms with Crippen LogP contribution in [0.1, 0.15) is 59.8 Å². The molecule has 4 rings (SSSR count). The number of hydrogen-bond donors (Lipinski definition) is 0. The van der Waals surface area contributed by atoms with Crippen molar-refractivity contribution in [3.05, 3.63) is 40.5 Å². The highest BCUT2D eigenvalue weighted by molar-refractivity contribution is 5.63. The average Bonchev–Trinajstić information content (AvgIpc) is 2.82. The van der Waals surface area contributed by atoms with Gasteiger partial charge in [-0.2, -0.15) is 0 Å². The zero-order valence-corrected chi connectivity index (χ0v) is 9.00. The van der Waals surface area contributed by atoms with Gasteiger partial charge >= 0.3 is 0 Å². The van der Waals surface area contributed by atoms with E-state index in [1.807, 2.05) is 0 Å². The molecule has 1 aromatic rings. The van der Waals surface area contributed by atoms with Crippen molar-refractivity contribution in [2.45, 2.75) is 43.9 Å². The highest BCUT2D eigenvalue weighted by Gasteiger charge is 2.34. The van der Waals surface area contributed by atoms with Gasteiger partial charge in [0.05, 0.1) is 0 Å². The second-order valence-electron chi connectivity index (χ2n) is 5.35. The fraction of sp³-hybridized carbons (Fsp3) is 0.467. The van der Waals surface area contributed by atoms with Crippen LogP contribution in [0.15, 0.2) is 18.2 Å². The van der Waals surface area contributed by atoms with Crippen LogP contribution in [0.2, 0.25) is 0 Å². The molecule has 3 aliphatic rings. The Balaban J connectivity index is 1.93. The van der Waals surface area contributed by atoms with Crippen molar-refractivity contribution in [1.29, 1.82) is 0 Å². The Kier molecular flexibility index (Phi) is 1.49. The van der Waals surface area contributed by atoms with Crippen molar-refractivity contribution in [3.63, 3.8) is 0 Å². The normalized spacial score (nSPS) is 30.4. The predicted molar refractivity (Wildman–Crippen MR) is 63.1 cm³/mol. The zero-order valence-electron chi connectivity index (χ0n) is 9.00. The van der Waals surface area contributed by atoms with Crippen molar-refractivity contribution in [2.24, 2.45) is 0 Å². The van der Waals surface area contributed by atoms with E-state index < -0.39 is 0 Å². The van der Waals surface area contributed by atoms with Gasteiger partial charge in [-0.25, -0.2) is 0 Å². The van der Waals surface area contributed by atoms with Gasteiger partial charge in [-0.15, -0.1) is 0 Å². The molecule has 0 radical (unpaired) electrons. The Morgan fingerprint density at radius 1 is 1.00 bits per heavy atom. The van der Waals surface area contributed by atoms with Gasteiger partial charge in [-0.1, -0.05) is 30.7 Å². The van der Waals surface area contributed by atoms with Crippen molar-refractivity contribution in [1.82, 2.24) is 0 Å². The number of hydrogen-bond acceptors (Lipinski definition) is 0. The van der Waals surface area contributed by atoms with Crippen LogP contribution in [0.3, 0.4) is 0 Å². The molecule has 1 saturated carbocycles. The minimum atomic E-state index is 0.901. The first kappa shape index (κ1) is 8.15. The van der Waals surface area contributed by atoms with Gasteiger partial charge in [0.2, 0.25) is 0 Å². The standard InChI is InChI=1S/C15H16/c1-3-10-8-14-12-5-2-6-13(7-12)15(14)9-11(10)4-1/h1,3,8-9,12-13H,2,4-7H2. The van der Waals surface area contributed by atoms with Crippen LogP contribution < -0.4 is 0 Å². The van der Waals surface area contributed by atoms with Crippen LogP contribution >= 0.6 is 0 Å². The number of fused-ring (bicyclic) bond motifs is 6. The minimum Gasteiger partial charge on any atom is -0.0795 e. The molecule has 0 amide bonds. The first-order valence-electron chi connectivity index (χ1n) is 6.25. The first-order chi connectivity index (χ1) is 7.42. The van der Waals surface area contributed by atoms with Crippen LogP contribution in [0.5, 0.6) is 0 Å². The minimum absolute atomic E-state index is 0.901. The second kappa shape index (κ2) is 2.75. The van der Waals surface area contributed by atoms with E-state index in [1.54, 1.807) is 16.7 Å². The van der Waals surface area contributed by atoms with E-state index in [2.05, 4.69) is 24.3 Å². The molecule has 2 unspecified atom stereocenters. The molecule has 1 aromatic carbocycles. The molecule has 15 heavy (non-hydrogen) atoms.